The van der Waals surface area contributed by atoms with Crippen LogP contribution in [0.4, 0.5) is 4.79 Å². The molecule has 4 atom stereocenters. The van der Waals surface area contributed by atoms with Crippen LogP contribution in [0.15, 0.2) is 36.5 Å². The van der Waals surface area contributed by atoms with Crippen LogP contribution in [0.3, 0.4) is 0 Å². The number of hydrogen-bond donors (Lipinski definition) is 1. The first kappa shape index (κ1) is 31.0. The maximum atomic E-state index is 14.4. The van der Waals surface area contributed by atoms with Crippen molar-refractivity contribution in [2.24, 2.45) is 18.9 Å². The van der Waals surface area contributed by atoms with Gasteiger partial charge in [0.05, 0.1) is 36.4 Å². The van der Waals surface area contributed by atoms with Gasteiger partial charge in [0, 0.05) is 57.2 Å². The second kappa shape index (κ2) is 11.3. The average molecular weight is 642 g/mol. The van der Waals surface area contributed by atoms with Gasteiger partial charge < -0.3 is 33.7 Å². The van der Waals surface area contributed by atoms with Gasteiger partial charge in [0.15, 0.2) is 5.82 Å². The molecule has 0 radical (unpaired) electrons. The number of likely N-dealkylation sites (N-methyl/N-ethyl adjacent to an activating group) is 1. The Hall–Kier alpha value is -4.61. The number of amides is 3. The molecule has 3 amide bonds. The summed E-state index contributed by atoms with van der Waals surface area (Å²) in [5.74, 6) is 1.62. The smallest absolute Gasteiger partial charge is 0.407 e. The molecule has 1 N–H and O–H groups in total. The number of carbonyl (C=O) groups is 3. The van der Waals surface area contributed by atoms with E-state index in [4.69, 9.17) is 14.5 Å². The molecule has 2 aliphatic carbocycles. The SMILES string of the molecule is COc1cc(C(=O)N2C[C@H]3C[C@@H](N(C)C(C)=O)[C@@H]2[C@@H]3NC(=O)OC(C)(C)C)cc2nc(-c3cc4cccnc4n3CC3CC3)n(C)c12. The Kier molecular flexibility index (Phi) is 7.44. The van der Waals surface area contributed by atoms with Crippen LogP contribution in [0.2, 0.25) is 0 Å². The number of pyridine rings is 1. The number of nitrogens with zero attached hydrogens (tertiary/aromatic N) is 6. The van der Waals surface area contributed by atoms with E-state index in [9.17, 15) is 14.4 Å². The molecule has 7 rings (SSSR count). The molecule has 1 aromatic carbocycles. The Labute approximate surface area is 274 Å². The predicted molar refractivity (Wildman–Crippen MR) is 177 cm³/mol. The van der Waals surface area contributed by atoms with Crippen LogP contribution in [-0.2, 0) is 23.1 Å². The van der Waals surface area contributed by atoms with Gasteiger partial charge in [-0.1, -0.05) is 0 Å². The highest BCUT2D eigenvalue weighted by atomic mass is 16.6. The molecule has 3 aliphatic rings. The monoisotopic (exact) mass is 641 g/mol. The highest BCUT2D eigenvalue weighted by molar-refractivity contribution is 6.00. The van der Waals surface area contributed by atoms with E-state index in [2.05, 4.69) is 27.0 Å². The fraction of sp³-hybridized carbons (Fsp3) is 0.514. The second-order valence-corrected chi connectivity index (χ2v) is 14.4. The number of methoxy groups -OCH3 is 1. The molecule has 1 aliphatic heterocycles. The van der Waals surface area contributed by atoms with Gasteiger partial charge in [-0.15, -0.1) is 0 Å². The largest absolute Gasteiger partial charge is 0.494 e. The van der Waals surface area contributed by atoms with E-state index in [0.29, 0.717) is 35.7 Å². The van der Waals surface area contributed by atoms with E-state index in [-0.39, 0.29) is 29.8 Å². The normalized spacial score (nSPS) is 22.2. The molecule has 4 heterocycles. The molecule has 1 saturated heterocycles. The van der Waals surface area contributed by atoms with Gasteiger partial charge >= 0.3 is 6.09 Å². The van der Waals surface area contributed by atoms with Crippen LogP contribution >= 0.6 is 0 Å². The molecule has 2 saturated carbocycles. The summed E-state index contributed by atoms with van der Waals surface area (Å²) < 4.78 is 15.7. The summed E-state index contributed by atoms with van der Waals surface area (Å²) in [7, 11) is 5.32. The van der Waals surface area contributed by atoms with Gasteiger partial charge in [-0.3, -0.25) is 9.59 Å². The molecule has 2 bridgehead atoms. The first-order chi connectivity index (χ1) is 22.3. The highest BCUT2D eigenvalue weighted by Crippen LogP contribution is 2.42. The average Bonchev–Trinajstić information content (AvgIpc) is 3.40. The zero-order valence-corrected chi connectivity index (χ0v) is 28.1. The lowest BCUT2D eigenvalue weighted by atomic mass is 10.0. The van der Waals surface area contributed by atoms with E-state index < -0.39 is 17.7 Å². The number of carbonyl (C=O) groups excluding carboxylic acids is 3. The third kappa shape index (κ3) is 5.47. The summed E-state index contributed by atoms with van der Waals surface area (Å²) in [5.41, 5.74) is 3.12. The van der Waals surface area contributed by atoms with E-state index in [0.717, 1.165) is 34.6 Å². The maximum Gasteiger partial charge on any atom is 0.407 e. The predicted octanol–water partition coefficient (Wildman–Crippen LogP) is 4.59. The Bertz CT molecular complexity index is 1900. The minimum absolute atomic E-state index is 0.0302. The summed E-state index contributed by atoms with van der Waals surface area (Å²) in [4.78, 5) is 53.0. The molecule has 12 heteroatoms. The van der Waals surface area contributed by atoms with E-state index in [1.165, 1.54) is 19.8 Å². The van der Waals surface area contributed by atoms with Crippen molar-refractivity contribution < 1.29 is 23.9 Å². The maximum absolute atomic E-state index is 14.4. The third-order valence-electron chi connectivity index (χ3n) is 9.97. The minimum Gasteiger partial charge on any atom is -0.494 e. The summed E-state index contributed by atoms with van der Waals surface area (Å²) >= 11 is 0. The molecule has 12 nitrogen and oxygen atoms in total. The van der Waals surface area contributed by atoms with E-state index in [1.807, 2.05) is 50.7 Å². The fourth-order valence-corrected chi connectivity index (χ4v) is 7.56. The molecule has 0 unspecified atom stereocenters. The van der Waals surface area contributed by atoms with Gasteiger partial charge in [-0.05, 0) is 76.3 Å². The lowest BCUT2D eigenvalue weighted by molar-refractivity contribution is -0.130. The molecular formula is C35H43N7O5. The summed E-state index contributed by atoms with van der Waals surface area (Å²) in [6, 6.07) is 8.72. The number of alkyl carbamates (subject to hydrolysis) is 1. The number of benzene rings is 1. The van der Waals surface area contributed by atoms with Crippen molar-refractivity contribution in [3.8, 4) is 17.3 Å². The second-order valence-electron chi connectivity index (χ2n) is 14.4. The quantitative estimate of drug-likeness (QED) is 0.313. The van der Waals surface area contributed by atoms with Crippen molar-refractivity contribution in [1.29, 1.82) is 0 Å². The lowest BCUT2D eigenvalue weighted by Crippen LogP contribution is -2.56. The van der Waals surface area contributed by atoms with Crippen LogP contribution in [0.5, 0.6) is 5.75 Å². The number of aromatic nitrogens is 4. The van der Waals surface area contributed by atoms with Gasteiger partial charge in [0.25, 0.3) is 5.91 Å². The summed E-state index contributed by atoms with van der Waals surface area (Å²) in [5, 5.41) is 4.09. The fourth-order valence-electron chi connectivity index (χ4n) is 7.56. The Morgan fingerprint density at radius 1 is 1.15 bits per heavy atom. The molecule has 47 heavy (non-hydrogen) atoms. The third-order valence-corrected chi connectivity index (χ3v) is 9.97. The van der Waals surface area contributed by atoms with Crippen LogP contribution in [-0.4, -0.2) is 91.2 Å². The topological polar surface area (TPSA) is 124 Å². The Balaban J connectivity index is 1.25. The van der Waals surface area contributed by atoms with Gasteiger partial charge in [-0.25, -0.2) is 14.8 Å². The number of piperidine rings is 1. The number of nitrogens with one attached hydrogen (secondary N) is 1. The molecule has 3 aromatic heterocycles. The molecule has 3 fully saturated rings. The summed E-state index contributed by atoms with van der Waals surface area (Å²) in [6.07, 6.45) is 4.40. The molecular weight excluding hydrogens is 598 g/mol. The Morgan fingerprint density at radius 2 is 1.91 bits per heavy atom. The highest BCUT2D eigenvalue weighted by Gasteiger charge is 2.56. The molecule has 4 aromatic rings. The number of rotatable bonds is 7. The van der Waals surface area contributed by atoms with Gasteiger partial charge in [0.1, 0.15) is 22.5 Å². The van der Waals surface area contributed by atoms with E-state index >= 15 is 0 Å². The van der Waals surface area contributed by atoms with Crippen LogP contribution < -0.4 is 10.1 Å². The molecule has 248 valence electrons. The van der Waals surface area contributed by atoms with Crippen molar-refractivity contribution in [3.63, 3.8) is 0 Å². The van der Waals surface area contributed by atoms with Gasteiger partial charge in [0.2, 0.25) is 5.91 Å². The number of ether oxygens (including phenoxy) is 2. The first-order valence-electron chi connectivity index (χ1n) is 16.4. The summed E-state index contributed by atoms with van der Waals surface area (Å²) in [6.45, 7) is 8.29. The van der Waals surface area contributed by atoms with Crippen molar-refractivity contribution in [2.75, 3.05) is 20.7 Å². The first-order valence-corrected chi connectivity index (χ1v) is 16.4. The number of hydrogen-bond acceptors (Lipinski definition) is 7. The zero-order chi connectivity index (χ0) is 33.4. The van der Waals surface area contributed by atoms with E-state index in [1.54, 1.807) is 30.0 Å². The molecule has 0 spiro atoms. The van der Waals surface area contributed by atoms with Crippen molar-refractivity contribution >= 4 is 40.0 Å². The minimum atomic E-state index is -0.664. The lowest BCUT2D eigenvalue weighted by Gasteiger charge is -2.38. The number of aryl methyl sites for hydroxylation is 1. The Morgan fingerprint density at radius 3 is 2.60 bits per heavy atom. The van der Waals surface area contributed by atoms with Crippen LogP contribution in [0.25, 0.3) is 33.6 Å². The number of fused-ring (bicyclic) bond motifs is 4. The van der Waals surface area contributed by atoms with Crippen molar-refractivity contribution in [3.05, 3.63) is 42.1 Å². The standard InChI is InChI=1S/C35H43N7O5/c1-19(43)39(5)25-15-23-18-42(30(25)28(23)38-34(45)47-35(2,3)4)33(44)22-13-24-29(27(16-22)46-7)40(6)32(37-24)26-14-21-9-8-12-36-31(21)41(26)17-20-10-11-20/h8-9,12-14,16,20,23,25,28,30H,10-11,15,17-18H2,1-7H3,(H,38,45)/t23-,25-,28-,30-/m1/s1. The van der Waals surface area contributed by atoms with Crippen LogP contribution in [0.1, 0.15) is 57.3 Å². The van der Waals surface area contributed by atoms with Gasteiger partial charge in [-0.2, -0.15) is 0 Å². The van der Waals surface area contributed by atoms with Crippen molar-refractivity contribution in [1.82, 2.24) is 34.2 Å². The zero-order valence-electron chi connectivity index (χ0n) is 28.1. The number of likely N-dealkylation sites (tertiary alicyclic amines) is 1. The van der Waals surface area contributed by atoms with Crippen molar-refractivity contribution in [2.45, 2.75) is 77.2 Å². The number of imidazole rings is 1. The van der Waals surface area contributed by atoms with Crippen LogP contribution in [0, 0.1) is 11.8 Å².